The van der Waals surface area contributed by atoms with Gasteiger partial charge in [-0.25, -0.2) is 9.78 Å². The van der Waals surface area contributed by atoms with E-state index in [9.17, 15) is 19.7 Å². The number of nitrogens with one attached hydrogen (secondary N) is 1. The number of pyridine rings is 1. The SMILES string of the molecule is CCNC(=O)CN(CC)c1cc(C(=O)O)c([N+](=O)[O-])cn1. The van der Waals surface area contributed by atoms with Gasteiger partial charge in [-0.05, 0) is 13.8 Å². The molecule has 0 aromatic carbocycles. The van der Waals surface area contributed by atoms with E-state index in [2.05, 4.69) is 10.3 Å². The van der Waals surface area contributed by atoms with Gasteiger partial charge >= 0.3 is 11.7 Å². The number of rotatable bonds is 7. The van der Waals surface area contributed by atoms with Crippen LogP contribution in [0, 0.1) is 10.1 Å². The Balaban J connectivity index is 3.11. The number of amides is 1. The van der Waals surface area contributed by atoms with Crippen LogP contribution in [-0.4, -0.2) is 46.5 Å². The van der Waals surface area contributed by atoms with E-state index in [1.54, 1.807) is 13.8 Å². The Morgan fingerprint density at radius 1 is 1.48 bits per heavy atom. The molecule has 1 rings (SSSR count). The Kier molecular flexibility index (Phi) is 5.58. The van der Waals surface area contributed by atoms with Crippen molar-refractivity contribution in [1.82, 2.24) is 10.3 Å². The molecule has 1 amide bonds. The number of likely N-dealkylation sites (N-methyl/N-ethyl adjacent to an activating group) is 2. The number of carboxylic acid groups (broad SMARTS) is 1. The lowest BCUT2D eigenvalue weighted by Crippen LogP contribution is -2.37. The minimum atomic E-state index is -1.42. The predicted molar refractivity (Wildman–Crippen MR) is 74.4 cm³/mol. The van der Waals surface area contributed by atoms with Crippen molar-refractivity contribution >= 4 is 23.4 Å². The molecule has 2 N–H and O–H groups in total. The lowest BCUT2D eigenvalue weighted by Gasteiger charge is -2.21. The first-order valence-corrected chi connectivity index (χ1v) is 6.30. The maximum atomic E-state index is 11.6. The summed E-state index contributed by atoms with van der Waals surface area (Å²) in [5, 5.41) is 22.4. The van der Waals surface area contributed by atoms with E-state index in [1.165, 1.54) is 4.90 Å². The molecule has 9 nitrogen and oxygen atoms in total. The van der Waals surface area contributed by atoms with Gasteiger partial charge in [-0.15, -0.1) is 0 Å². The van der Waals surface area contributed by atoms with Gasteiger partial charge in [0.2, 0.25) is 5.91 Å². The summed E-state index contributed by atoms with van der Waals surface area (Å²) in [7, 11) is 0. The number of carboxylic acids is 1. The fraction of sp³-hybridized carbons (Fsp3) is 0.417. The van der Waals surface area contributed by atoms with Crippen LogP contribution in [0.1, 0.15) is 24.2 Å². The smallest absolute Gasteiger partial charge is 0.342 e. The summed E-state index contributed by atoms with van der Waals surface area (Å²) in [6.45, 7) is 4.42. The molecule has 9 heteroatoms. The monoisotopic (exact) mass is 296 g/mol. The van der Waals surface area contributed by atoms with Gasteiger partial charge in [0.25, 0.3) is 0 Å². The molecule has 0 atom stereocenters. The maximum Gasteiger partial charge on any atom is 0.342 e. The highest BCUT2D eigenvalue weighted by atomic mass is 16.6. The summed E-state index contributed by atoms with van der Waals surface area (Å²) >= 11 is 0. The molecular formula is C12H16N4O5. The summed E-state index contributed by atoms with van der Waals surface area (Å²) in [5.74, 6) is -1.46. The Morgan fingerprint density at radius 3 is 2.62 bits per heavy atom. The van der Waals surface area contributed by atoms with E-state index in [0.717, 1.165) is 12.3 Å². The second-order valence-electron chi connectivity index (χ2n) is 4.09. The second kappa shape index (κ2) is 7.17. The highest BCUT2D eigenvalue weighted by Crippen LogP contribution is 2.22. The minimum Gasteiger partial charge on any atom is -0.477 e. The first-order valence-electron chi connectivity index (χ1n) is 6.30. The quantitative estimate of drug-likeness (QED) is 0.558. The molecule has 0 saturated carbocycles. The molecule has 0 aliphatic carbocycles. The van der Waals surface area contributed by atoms with Crippen molar-refractivity contribution in [1.29, 1.82) is 0 Å². The fourth-order valence-corrected chi connectivity index (χ4v) is 1.71. The molecule has 1 aromatic rings. The summed E-state index contributed by atoms with van der Waals surface area (Å²) < 4.78 is 0. The molecule has 0 unspecified atom stereocenters. The van der Waals surface area contributed by atoms with Gasteiger partial charge in [-0.1, -0.05) is 0 Å². The number of nitrogens with zero attached hydrogens (tertiary/aromatic N) is 3. The van der Waals surface area contributed by atoms with E-state index in [0.29, 0.717) is 13.1 Å². The van der Waals surface area contributed by atoms with Crippen LogP contribution in [0.5, 0.6) is 0 Å². The highest BCUT2D eigenvalue weighted by molar-refractivity contribution is 5.93. The van der Waals surface area contributed by atoms with E-state index < -0.39 is 22.1 Å². The number of hydrogen-bond acceptors (Lipinski definition) is 6. The molecule has 114 valence electrons. The average Bonchev–Trinajstić information content (AvgIpc) is 2.44. The van der Waals surface area contributed by atoms with E-state index >= 15 is 0 Å². The first kappa shape index (κ1) is 16.3. The van der Waals surface area contributed by atoms with E-state index in [-0.39, 0.29) is 18.3 Å². The van der Waals surface area contributed by atoms with Crippen LogP contribution in [-0.2, 0) is 4.79 Å². The molecule has 0 spiro atoms. The summed E-state index contributed by atoms with van der Waals surface area (Å²) in [6.07, 6.45) is 0.888. The number of aromatic carboxylic acids is 1. The molecule has 1 heterocycles. The molecule has 0 aliphatic rings. The van der Waals surface area contributed by atoms with Gasteiger partial charge in [-0.2, -0.15) is 0 Å². The summed E-state index contributed by atoms with van der Waals surface area (Å²) in [6, 6.07) is 1.10. The molecular weight excluding hydrogens is 280 g/mol. The fourth-order valence-electron chi connectivity index (χ4n) is 1.71. The number of nitro groups is 1. The molecule has 0 saturated heterocycles. The Labute approximate surface area is 120 Å². The van der Waals surface area contributed by atoms with Crippen LogP contribution < -0.4 is 10.2 Å². The Bertz CT molecular complexity index is 561. The Morgan fingerprint density at radius 2 is 2.14 bits per heavy atom. The van der Waals surface area contributed by atoms with Crippen molar-refractivity contribution in [2.75, 3.05) is 24.5 Å². The third-order valence-electron chi connectivity index (χ3n) is 2.71. The third-order valence-corrected chi connectivity index (χ3v) is 2.71. The lowest BCUT2D eigenvalue weighted by molar-refractivity contribution is -0.385. The zero-order chi connectivity index (χ0) is 16.0. The topological polar surface area (TPSA) is 126 Å². The van der Waals surface area contributed by atoms with Crippen LogP contribution in [0.2, 0.25) is 0 Å². The molecule has 0 bridgehead atoms. The van der Waals surface area contributed by atoms with Crippen molar-refractivity contribution in [2.24, 2.45) is 0 Å². The number of aromatic nitrogens is 1. The van der Waals surface area contributed by atoms with Crippen LogP contribution >= 0.6 is 0 Å². The third kappa shape index (κ3) is 4.13. The van der Waals surface area contributed by atoms with Crippen LogP contribution in [0.15, 0.2) is 12.3 Å². The van der Waals surface area contributed by atoms with E-state index in [4.69, 9.17) is 5.11 Å². The standard InChI is InChI=1S/C12H16N4O5/c1-3-13-11(17)7-15(4-2)10-5-8(12(18)19)9(6-14-10)16(20)21/h5-6H,3-4,7H2,1-2H3,(H,13,17)(H,18,19). The molecule has 0 aliphatic heterocycles. The van der Waals surface area contributed by atoms with Crippen molar-refractivity contribution < 1.29 is 19.6 Å². The second-order valence-corrected chi connectivity index (χ2v) is 4.09. The van der Waals surface area contributed by atoms with Crippen molar-refractivity contribution in [3.8, 4) is 0 Å². The Hall–Kier alpha value is -2.71. The van der Waals surface area contributed by atoms with E-state index in [1.807, 2.05) is 0 Å². The number of carbonyl (C=O) groups is 2. The zero-order valence-corrected chi connectivity index (χ0v) is 11.7. The van der Waals surface area contributed by atoms with Gasteiger partial charge in [0.05, 0.1) is 11.5 Å². The van der Waals surface area contributed by atoms with Crippen LogP contribution in [0.3, 0.4) is 0 Å². The number of anilines is 1. The van der Waals surface area contributed by atoms with Gasteiger partial charge < -0.3 is 15.3 Å². The summed E-state index contributed by atoms with van der Waals surface area (Å²) in [5.41, 5.74) is -1.04. The zero-order valence-electron chi connectivity index (χ0n) is 11.7. The lowest BCUT2D eigenvalue weighted by atomic mass is 10.2. The molecule has 21 heavy (non-hydrogen) atoms. The number of hydrogen-bond donors (Lipinski definition) is 2. The van der Waals surface area contributed by atoms with Crippen LogP contribution in [0.4, 0.5) is 11.5 Å². The number of carbonyl (C=O) groups excluding carboxylic acids is 1. The highest BCUT2D eigenvalue weighted by Gasteiger charge is 2.23. The average molecular weight is 296 g/mol. The minimum absolute atomic E-state index is 0.00574. The van der Waals surface area contributed by atoms with Crippen molar-refractivity contribution in [3.05, 3.63) is 27.9 Å². The molecule has 0 radical (unpaired) electrons. The van der Waals surface area contributed by atoms with Gasteiger partial charge in [0.1, 0.15) is 17.6 Å². The van der Waals surface area contributed by atoms with Gasteiger partial charge in [0, 0.05) is 19.2 Å². The maximum absolute atomic E-state index is 11.6. The van der Waals surface area contributed by atoms with Crippen molar-refractivity contribution in [3.63, 3.8) is 0 Å². The first-order chi connectivity index (χ1) is 9.90. The molecule has 1 aromatic heterocycles. The van der Waals surface area contributed by atoms with Crippen LogP contribution in [0.25, 0.3) is 0 Å². The van der Waals surface area contributed by atoms with Crippen molar-refractivity contribution in [2.45, 2.75) is 13.8 Å². The largest absolute Gasteiger partial charge is 0.477 e. The summed E-state index contributed by atoms with van der Waals surface area (Å²) in [4.78, 5) is 38.0. The van der Waals surface area contributed by atoms with Gasteiger partial charge in [0.15, 0.2) is 0 Å². The molecule has 0 fully saturated rings. The predicted octanol–water partition coefficient (Wildman–Crippen LogP) is 0.650. The normalized spacial score (nSPS) is 10.0. The van der Waals surface area contributed by atoms with Gasteiger partial charge in [-0.3, -0.25) is 14.9 Å².